The number of anilines is 1. The van der Waals surface area contributed by atoms with E-state index in [9.17, 15) is 9.90 Å². The van der Waals surface area contributed by atoms with Crippen LogP contribution in [0.15, 0.2) is 30.3 Å². The Labute approximate surface area is 224 Å². The van der Waals surface area contributed by atoms with E-state index < -0.39 is 23.4 Å². The van der Waals surface area contributed by atoms with Gasteiger partial charge in [0, 0.05) is 45.3 Å². The molecule has 0 atom stereocenters. The van der Waals surface area contributed by atoms with Crippen LogP contribution in [-0.4, -0.2) is 78.9 Å². The molecule has 38 heavy (non-hydrogen) atoms. The molecule has 1 aliphatic rings. The summed E-state index contributed by atoms with van der Waals surface area (Å²) in [4.78, 5) is 18.2. The van der Waals surface area contributed by atoms with Gasteiger partial charge in [-0.2, -0.15) is 0 Å². The highest BCUT2D eigenvalue weighted by molar-refractivity contribution is 6.48. The zero-order chi connectivity index (χ0) is 28.0. The molecule has 9 nitrogen and oxygen atoms in total. The fraction of sp³-hybridized carbons (Fsp3) is 0.464. The maximum atomic E-state index is 15.6. The average Bonchev–Trinajstić information content (AvgIpc) is 2.89. The SMILES string of the molecule is CCNC(=O)C(=N)N(C(=N)c1cc(C(C)C)c(OC)cc1O)c1ccc(CN2CCN(CC)CC2)cc1F. The number of carbonyl (C=O) groups is 1. The van der Waals surface area contributed by atoms with Crippen molar-refractivity contribution in [3.05, 3.63) is 52.8 Å². The van der Waals surface area contributed by atoms with Gasteiger partial charge >= 0.3 is 0 Å². The van der Waals surface area contributed by atoms with Crippen LogP contribution < -0.4 is 15.0 Å². The molecule has 1 saturated heterocycles. The van der Waals surface area contributed by atoms with Gasteiger partial charge in [0.25, 0.3) is 5.91 Å². The zero-order valence-corrected chi connectivity index (χ0v) is 22.9. The third-order valence-corrected chi connectivity index (χ3v) is 6.80. The van der Waals surface area contributed by atoms with Gasteiger partial charge in [-0.1, -0.05) is 26.8 Å². The molecule has 4 N–H and O–H groups in total. The van der Waals surface area contributed by atoms with E-state index in [1.807, 2.05) is 13.8 Å². The van der Waals surface area contributed by atoms with Crippen LogP contribution >= 0.6 is 0 Å². The number of aromatic hydroxyl groups is 1. The maximum absolute atomic E-state index is 15.6. The summed E-state index contributed by atoms with van der Waals surface area (Å²) in [6.45, 7) is 13.3. The number of amides is 1. The highest BCUT2D eigenvalue weighted by Crippen LogP contribution is 2.35. The van der Waals surface area contributed by atoms with E-state index in [-0.39, 0.29) is 29.5 Å². The van der Waals surface area contributed by atoms with Gasteiger partial charge in [0.1, 0.15) is 23.2 Å². The van der Waals surface area contributed by atoms with Gasteiger partial charge < -0.3 is 20.1 Å². The van der Waals surface area contributed by atoms with Crippen molar-refractivity contribution in [3.8, 4) is 11.5 Å². The van der Waals surface area contributed by atoms with E-state index in [0.717, 1.165) is 48.8 Å². The van der Waals surface area contributed by atoms with Crippen molar-refractivity contribution in [1.29, 1.82) is 10.8 Å². The molecule has 0 unspecified atom stereocenters. The molecule has 0 radical (unpaired) electrons. The molecule has 2 aromatic carbocycles. The first-order valence-electron chi connectivity index (χ1n) is 13.0. The number of nitrogens with zero attached hydrogens (tertiary/aromatic N) is 3. The molecule has 10 heteroatoms. The molecular formula is C28H39FN6O3. The van der Waals surface area contributed by atoms with Crippen LogP contribution in [0, 0.1) is 16.6 Å². The molecular weight excluding hydrogens is 487 g/mol. The van der Waals surface area contributed by atoms with Gasteiger partial charge in [-0.15, -0.1) is 0 Å². The van der Waals surface area contributed by atoms with Crippen molar-refractivity contribution in [2.45, 2.75) is 40.2 Å². The maximum Gasteiger partial charge on any atom is 0.287 e. The molecule has 1 fully saturated rings. The predicted molar refractivity (Wildman–Crippen MR) is 148 cm³/mol. The van der Waals surface area contributed by atoms with Crippen LogP contribution in [0.3, 0.4) is 0 Å². The monoisotopic (exact) mass is 526 g/mol. The van der Waals surface area contributed by atoms with Crippen molar-refractivity contribution < 1.29 is 19.0 Å². The smallest absolute Gasteiger partial charge is 0.287 e. The molecule has 0 bridgehead atoms. The lowest BCUT2D eigenvalue weighted by Gasteiger charge is -2.34. The predicted octanol–water partition coefficient (Wildman–Crippen LogP) is 3.75. The zero-order valence-electron chi connectivity index (χ0n) is 22.9. The van der Waals surface area contributed by atoms with Crippen molar-refractivity contribution >= 4 is 23.3 Å². The van der Waals surface area contributed by atoms with E-state index in [2.05, 4.69) is 22.0 Å². The number of halogens is 1. The molecule has 206 valence electrons. The lowest BCUT2D eigenvalue weighted by atomic mass is 9.97. The number of phenols is 1. The van der Waals surface area contributed by atoms with Crippen LogP contribution in [0.2, 0.25) is 0 Å². The topological polar surface area (TPSA) is 116 Å². The van der Waals surface area contributed by atoms with Gasteiger partial charge in [0.05, 0.1) is 18.4 Å². The number of methoxy groups -OCH3 is 1. The molecule has 0 spiro atoms. The van der Waals surface area contributed by atoms with Crippen molar-refractivity contribution in [1.82, 2.24) is 15.1 Å². The van der Waals surface area contributed by atoms with Gasteiger partial charge in [-0.05, 0) is 48.7 Å². The Morgan fingerprint density at radius 1 is 1.13 bits per heavy atom. The molecule has 0 aliphatic carbocycles. The first-order valence-corrected chi connectivity index (χ1v) is 13.0. The van der Waals surface area contributed by atoms with Gasteiger partial charge in [0.2, 0.25) is 0 Å². The van der Waals surface area contributed by atoms with E-state index >= 15 is 4.39 Å². The summed E-state index contributed by atoms with van der Waals surface area (Å²) < 4.78 is 21.0. The number of nitrogens with one attached hydrogen (secondary N) is 3. The van der Waals surface area contributed by atoms with Crippen molar-refractivity contribution in [3.63, 3.8) is 0 Å². The number of piperazine rings is 1. The minimum absolute atomic E-state index is 0.00334. The lowest BCUT2D eigenvalue weighted by Crippen LogP contribution is -2.46. The van der Waals surface area contributed by atoms with Gasteiger partial charge in [-0.3, -0.25) is 25.4 Å². The van der Waals surface area contributed by atoms with Crippen LogP contribution in [0.1, 0.15) is 50.3 Å². The lowest BCUT2D eigenvalue weighted by molar-refractivity contribution is -0.114. The molecule has 3 rings (SSSR count). The van der Waals surface area contributed by atoms with E-state index in [4.69, 9.17) is 15.6 Å². The normalized spacial score (nSPS) is 14.4. The highest BCUT2D eigenvalue weighted by Gasteiger charge is 2.29. The number of likely N-dealkylation sites (N-methyl/N-ethyl adjacent to an activating group) is 2. The first-order chi connectivity index (χ1) is 18.1. The average molecular weight is 527 g/mol. The first kappa shape index (κ1) is 29.1. The summed E-state index contributed by atoms with van der Waals surface area (Å²) in [6, 6.07) is 7.61. The fourth-order valence-electron chi connectivity index (χ4n) is 4.57. The molecule has 2 aromatic rings. The third-order valence-electron chi connectivity index (χ3n) is 6.80. The molecule has 0 aromatic heterocycles. The second-order valence-electron chi connectivity index (χ2n) is 9.65. The third kappa shape index (κ3) is 6.49. The Balaban J connectivity index is 1.98. The second-order valence-corrected chi connectivity index (χ2v) is 9.65. The summed E-state index contributed by atoms with van der Waals surface area (Å²) in [7, 11) is 1.49. The molecule has 1 aliphatic heterocycles. The number of rotatable bonds is 8. The molecule has 1 heterocycles. The number of hydrogen-bond donors (Lipinski definition) is 4. The number of amidine groups is 2. The molecule has 1 amide bonds. The molecule has 0 saturated carbocycles. The Bertz CT molecular complexity index is 1180. The summed E-state index contributed by atoms with van der Waals surface area (Å²) in [5.74, 6) is -2.25. The summed E-state index contributed by atoms with van der Waals surface area (Å²) in [5, 5.41) is 30.7. The van der Waals surface area contributed by atoms with Crippen LogP contribution in [0.5, 0.6) is 11.5 Å². The van der Waals surface area contributed by atoms with Gasteiger partial charge in [0.15, 0.2) is 5.84 Å². The fourth-order valence-corrected chi connectivity index (χ4v) is 4.57. The minimum Gasteiger partial charge on any atom is -0.507 e. The van der Waals surface area contributed by atoms with E-state index in [0.29, 0.717) is 12.3 Å². The highest BCUT2D eigenvalue weighted by atomic mass is 19.1. The summed E-state index contributed by atoms with van der Waals surface area (Å²) in [6.07, 6.45) is 0. The number of hydrogen-bond acceptors (Lipinski definition) is 7. The van der Waals surface area contributed by atoms with Crippen LogP contribution in [0.4, 0.5) is 10.1 Å². The number of ether oxygens (including phenoxy) is 1. The quantitative estimate of drug-likeness (QED) is 0.308. The van der Waals surface area contributed by atoms with E-state index in [1.165, 1.54) is 25.3 Å². The summed E-state index contributed by atoms with van der Waals surface area (Å²) >= 11 is 0. The Hall–Kier alpha value is -3.50. The van der Waals surface area contributed by atoms with Crippen LogP contribution in [-0.2, 0) is 11.3 Å². The number of phenolic OH excluding ortho intramolecular Hbond substituents is 1. The van der Waals surface area contributed by atoms with Crippen LogP contribution in [0.25, 0.3) is 0 Å². The van der Waals surface area contributed by atoms with Gasteiger partial charge in [-0.25, -0.2) is 4.39 Å². The Morgan fingerprint density at radius 2 is 1.79 bits per heavy atom. The van der Waals surface area contributed by atoms with E-state index in [1.54, 1.807) is 19.1 Å². The van der Waals surface area contributed by atoms with Crippen molar-refractivity contribution in [2.75, 3.05) is 51.3 Å². The standard InChI is InChI=1S/C28H39FN6O3/c1-6-32-28(37)27(31)35(26(30)21-15-20(18(3)4)25(38-5)16-24(21)36)23-9-8-19(14-22(23)29)17-34-12-10-33(7-2)11-13-34/h8-9,14-16,18,30-31,36H,6-7,10-13,17H2,1-5H3,(H,32,37). The Kier molecular flexibility index (Phi) is 9.82. The summed E-state index contributed by atoms with van der Waals surface area (Å²) in [5.41, 5.74) is 1.43. The Morgan fingerprint density at radius 3 is 2.34 bits per heavy atom. The largest absolute Gasteiger partial charge is 0.507 e. The van der Waals surface area contributed by atoms with Crippen molar-refractivity contribution in [2.24, 2.45) is 0 Å². The minimum atomic E-state index is -0.758. The number of benzene rings is 2. The second kappa shape index (κ2) is 12.8. The number of carbonyl (C=O) groups excluding carboxylic acids is 1.